The van der Waals surface area contributed by atoms with Crippen LogP contribution in [0, 0.1) is 0 Å². The molecule has 1 saturated heterocycles. The van der Waals surface area contributed by atoms with E-state index in [9.17, 15) is 36.9 Å². The zero-order valence-corrected chi connectivity index (χ0v) is 25.1. The molecule has 3 aromatic carbocycles. The molecule has 3 aromatic rings. The van der Waals surface area contributed by atoms with Crippen molar-refractivity contribution in [1.29, 1.82) is 0 Å². The van der Waals surface area contributed by atoms with Crippen LogP contribution in [0.1, 0.15) is 51.9 Å². The van der Waals surface area contributed by atoms with Crippen molar-refractivity contribution in [2.75, 3.05) is 26.2 Å². The van der Waals surface area contributed by atoms with Crippen molar-refractivity contribution in [2.24, 2.45) is 0 Å². The number of phenolic OH excluding ortho intramolecular Hbond substituents is 3. The van der Waals surface area contributed by atoms with E-state index in [0.717, 1.165) is 46.3 Å². The highest BCUT2D eigenvalue weighted by Crippen LogP contribution is 2.44. The normalized spacial score (nSPS) is 18.2. The van der Waals surface area contributed by atoms with E-state index in [4.69, 9.17) is 0 Å². The van der Waals surface area contributed by atoms with Gasteiger partial charge in [0, 0.05) is 39.3 Å². The summed E-state index contributed by atoms with van der Waals surface area (Å²) in [5.41, 5.74) is 2.89. The third-order valence-electron chi connectivity index (χ3n) is 8.59. The fourth-order valence-corrected chi connectivity index (χ4v) is 9.18. The Labute approximate surface area is 250 Å². The van der Waals surface area contributed by atoms with Crippen molar-refractivity contribution in [2.45, 2.75) is 55.0 Å². The third-order valence-corrected chi connectivity index (χ3v) is 12.3. The lowest BCUT2D eigenvalue weighted by Crippen LogP contribution is -2.38. The minimum absolute atomic E-state index is 0.0286. The largest absolute Gasteiger partial charge is 0.504 e. The monoisotopic (exact) mass is 627 g/mol. The molecule has 0 atom stereocenters. The predicted octanol–water partition coefficient (Wildman–Crippen LogP) is 2.92. The number of amides is 1. The minimum Gasteiger partial charge on any atom is -0.504 e. The van der Waals surface area contributed by atoms with Crippen LogP contribution in [0.3, 0.4) is 0 Å². The maximum Gasteiger partial charge on any atom is 0.258 e. The van der Waals surface area contributed by atoms with Crippen LogP contribution in [-0.2, 0) is 46.0 Å². The van der Waals surface area contributed by atoms with Crippen LogP contribution in [0.15, 0.2) is 58.3 Å². The average Bonchev–Trinajstić information content (AvgIpc) is 3.03. The molecule has 3 N–H and O–H groups in total. The van der Waals surface area contributed by atoms with Crippen molar-refractivity contribution in [3.05, 3.63) is 76.3 Å². The van der Waals surface area contributed by atoms with E-state index in [0.29, 0.717) is 38.0 Å². The van der Waals surface area contributed by atoms with Gasteiger partial charge in [0.15, 0.2) is 11.5 Å². The van der Waals surface area contributed by atoms with Crippen molar-refractivity contribution >= 4 is 26.0 Å². The quantitative estimate of drug-likeness (QED) is 0.365. The number of carbonyl (C=O) groups excluding carboxylic acids is 1. The van der Waals surface area contributed by atoms with Gasteiger partial charge in [-0.25, -0.2) is 16.8 Å². The van der Waals surface area contributed by atoms with E-state index < -0.39 is 53.7 Å². The number of fused-ring (bicyclic) bond motifs is 2. The second-order valence-corrected chi connectivity index (χ2v) is 15.0. The molecule has 11 nitrogen and oxygen atoms in total. The Bertz CT molecular complexity index is 1820. The summed E-state index contributed by atoms with van der Waals surface area (Å²) >= 11 is 0. The number of piperidine rings is 1. The first-order chi connectivity index (χ1) is 20.5. The number of rotatable bonds is 5. The van der Waals surface area contributed by atoms with Crippen LogP contribution in [0.25, 0.3) is 0 Å². The Morgan fingerprint density at radius 3 is 2.05 bits per heavy atom. The minimum atomic E-state index is -4.50. The highest BCUT2D eigenvalue weighted by atomic mass is 32.2. The van der Waals surface area contributed by atoms with Gasteiger partial charge >= 0.3 is 0 Å². The molecule has 0 unspecified atom stereocenters. The highest BCUT2D eigenvalue weighted by molar-refractivity contribution is 7.89. The van der Waals surface area contributed by atoms with Gasteiger partial charge in [-0.05, 0) is 66.1 Å². The Hall–Kier alpha value is -3.65. The van der Waals surface area contributed by atoms with Gasteiger partial charge in [-0.15, -0.1) is 0 Å². The molecule has 0 radical (unpaired) electrons. The van der Waals surface area contributed by atoms with E-state index in [1.807, 2.05) is 24.3 Å². The number of phenols is 3. The lowest BCUT2D eigenvalue weighted by atomic mass is 9.99. The lowest BCUT2D eigenvalue weighted by Gasteiger charge is -2.31. The molecular formula is C30H33N3O8S2. The average molecular weight is 628 g/mol. The van der Waals surface area contributed by atoms with Crippen molar-refractivity contribution in [3.8, 4) is 17.2 Å². The maximum absolute atomic E-state index is 13.8. The van der Waals surface area contributed by atoms with Gasteiger partial charge in [0.25, 0.3) is 5.91 Å². The van der Waals surface area contributed by atoms with Crippen molar-refractivity contribution in [1.82, 2.24) is 13.5 Å². The van der Waals surface area contributed by atoms with Crippen LogP contribution in [0.2, 0.25) is 0 Å². The summed E-state index contributed by atoms with van der Waals surface area (Å²) in [5, 5.41) is 31.8. The zero-order valence-electron chi connectivity index (χ0n) is 23.4. The lowest BCUT2D eigenvalue weighted by molar-refractivity contribution is 0.0730. The molecule has 1 fully saturated rings. The fraction of sp³-hybridized carbons (Fsp3) is 0.367. The van der Waals surface area contributed by atoms with Crippen LogP contribution >= 0.6 is 0 Å². The number of aromatic hydroxyl groups is 3. The molecule has 0 spiro atoms. The van der Waals surface area contributed by atoms with Gasteiger partial charge in [0.2, 0.25) is 25.8 Å². The van der Waals surface area contributed by atoms with Crippen LogP contribution in [0.4, 0.5) is 0 Å². The van der Waals surface area contributed by atoms with Crippen molar-refractivity contribution < 1.29 is 36.9 Å². The Morgan fingerprint density at radius 1 is 0.628 bits per heavy atom. The molecule has 228 valence electrons. The summed E-state index contributed by atoms with van der Waals surface area (Å²) in [6, 6.07) is 13.3. The molecule has 0 saturated carbocycles. The van der Waals surface area contributed by atoms with Crippen LogP contribution in [-0.4, -0.2) is 77.8 Å². The highest BCUT2D eigenvalue weighted by Gasteiger charge is 2.36. The van der Waals surface area contributed by atoms with Gasteiger partial charge in [0.05, 0.1) is 10.5 Å². The second kappa shape index (κ2) is 11.1. The Balaban J connectivity index is 1.30. The van der Waals surface area contributed by atoms with Gasteiger partial charge in [-0.2, -0.15) is 8.61 Å². The molecular weight excluding hydrogens is 594 g/mol. The first kappa shape index (κ1) is 29.4. The van der Waals surface area contributed by atoms with Crippen molar-refractivity contribution in [3.63, 3.8) is 0 Å². The SMILES string of the molecule is O=C(c1cc(S(=O)(=O)N2CCc3ccc(S(=O)(=O)N4CCCCC4)cc3C2)c(O)c(O)c1O)N1CCc2ccccc2C1. The number of hydrogen-bond donors (Lipinski definition) is 3. The number of carbonyl (C=O) groups is 1. The van der Waals surface area contributed by atoms with Gasteiger partial charge in [0.1, 0.15) is 4.90 Å². The summed E-state index contributed by atoms with van der Waals surface area (Å²) in [5.74, 6) is -3.76. The predicted molar refractivity (Wildman–Crippen MR) is 157 cm³/mol. The van der Waals surface area contributed by atoms with E-state index in [1.54, 1.807) is 12.1 Å². The number of benzene rings is 3. The molecule has 13 heteroatoms. The zero-order chi connectivity index (χ0) is 30.5. The van der Waals surface area contributed by atoms with E-state index in [1.165, 1.54) is 15.3 Å². The van der Waals surface area contributed by atoms with Gasteiger partial charge in [-0.3, -0.25) is 4.79 Å². The fourth-order valence-electron chi connectivity index (χ4n) is 6.09. The summed E-state index contributed by atoms with van der Waals surface area (Å²) in [7, 11) is -8.24. The standard InChI is InChI=1S/C30H33N3O8S2/c34-27-25(30(37)31-14-10-20-6-2-3-7-22(20)18-31)17-26(28(35)29(27)36)43(40,41)33-15-11-21-8-9-24(16-23(21)19-33)42(38,39)32-12-4-1-5-13-32/h2-3,6-9,16-17,34-36H,1,4-5,10-15,18-19H2. The van der Waals surface area contributed by atoms with E-state index in [2.05, 4.69) is 0 Å². The van der Waals surface area contributed by atoms with Gasteiger partial charge in [-0.1, -0.05) is 36.8 Å². The molecule has 0 bridgehead atoms. The summed E-state index contributed by atoms with van der Waals surface area (Å²) in [6.07, 6.45) is 3.41. The maximum atomic E-state index is 13.8. The number of hydrogen-bond acceptors (Lipinski definition) is 8. The van der Waals surface area contributed by atoms with E-state index in [-0.39, 0.29) is 24.5 Å². The Morgan fingerprint density at radius 2 is 1.30 bits per heavy atom. The summed E-state index contributed by atoms with van der Waals surface area (Å²) < 4.78 is 56.7. The molecule has 43 heavy (non-hydrogen) atoms. The van der Waals surface area contributed by atoms with E-state index >= 15 is 0 Å². The summed E-state index contributed by atoms with van der Waals surface area (Å²) in [6.45, 7) is 1.30. The first-order valence-electron chi connectivity index (χ1n) is 14.2. The van der Waals surface area contributed by atoms with Crippen LogP contribution in [0.5, 0.6) is 17.2 Å². The molecule has 3 heterocycles. The smallest absolute Gasteiger partial charge is 0.258 e. The molecule has 0 aliphatic carbocycles. The number of sulfonamides is 2. The molecule has 3 aliphatic heterocycles. The number of nitrogens with zero attached hydrogens (tertiary/aromatic N) is 3. The summed E-state index contributed by atoms with van der Waals surface area (Å²) in [4.78, 5) is 14.3. The second-order valence-electron chi connectivity index (χ2n) is 11.2. The molecule has 3 aliphatic rings. The Kier molecular flexibility index (Phi) is 7.61. The topological polar surface area (TPSA) is 156 Å². The third kappa shape index (κ3) is 5.24. The van der Waals surface area contributed by atoms with Gasteiger partial charge < -0.3 is 20.2 Å². The van der Waals surface area contributed by atoms with Crippen LogP contribution < -0.4 is 0 Å². The molecule has 1 amide bonds. The first-order valence-corrected chi connectivity index (χ1v) is 17.1. The molecule has 6 rings (SSSR count). The molecule has 0 aromatic heterocycles.